The van der Waals surface area contributed by atoms with Crippen LogP contribution in [0.4, 0.5) is 5.69 Å². The second-order valence-electron chi connectivity index (χ2n) is 5.05. The van der Waals surface area contributed by atoms with E-state index in [-0.39, 0.29) is 6.61 Å². The molecule has 0 spiro atoms. The minimum atomic E-state index is -0.591. The molecule has 0 radical (unpaired) electrons. The molecule has 1 N–H and O–H groups in total. The van der Waals surface area contributed by atoms with Crippen molar-refractivity contribution in [1.82, 2.24) is 0 Å². The van der Waals surface area contributed by atoms with E-state index >= 15 is 0 Å². The monoisotopic (exact) mass is 395 g/mol. The minimum absolute atomic E-state index is 0.306. The molecule has 0 unspecified atom stereocenters. The molecule has 6 heteroatoms. The van der Waals surface area contributed by atoms with Gasteiger partial charge in [0.15, 0.2) is 6.61 Å². The Labute approximate surface area is 147 Å². The number of nitrogens with one attached hydrogen (secondary N) is 1. The maximum Gasteiger partial charge on any atom is 0.338 e. The first-order chi connectivity index (χ1) is 10.9. The summed E-state index contributed by atoms with van der Waals surface area (Å²) in [6.07, 6.45) is 0. The summed E-state index contributed by atoms with van der Waals surface area (Å²) in [5.74, 6) is -0.989. The van der Waals surface area contributed by atoms with Crippen LogP contribution in [0.5, 0.6) is 0 Å². The van der Waals surface area contributed by atoms with Gasteiger partial charge in [-0.05, 0) is 55.3 Å². The number of aryl methyl sites for hydroxylation is 2. The van der Waals surface area contributed by atoms with Crippen LogP contribution in [0.3, 0.4) is 0 Å². The second-order valence-corrected chi connectivity index (χ2v) is 6.34. The van der Waals surface area contributed by atoms with Crippen LogP contribution in [0.1, 0.15) is 21.5 Å². The van der Waals surface area contributed by atoms with Crippen molar-refractivity contribution in [3.63, 3.8) is 0 Å². The molecule has 23 heavy (non-hydrogen) atoms. The molecule has 0 bridgehead atoms. The summed E-state index contributed by atoms with van der Waals surface area (Å²) in [7, 11) is 0. The first-order valence-corrected chi connectivity index (χ1v) is 8.03. The van der Waals surface area contributed by atoms with Gasteiger partial charge >= 0.3 is 5.97 Å². The molecule has 0 atom stereocenters. The molecule has 2 aromatic rings. The second kappa shape index (κ2) is 7.62. The number of benzene rings is 2. The highest BCUT2D eigenvalue weighted by molar-refractivity contribution is 9.10. The van der Waals surface area contributed by atoms with Gasteiger partial charge in [-0.25, -0.2) is 4.79 Å². The van der Waals surface area contributed by atoms with Gasteiger partial charge in [-0.3, -0.25) is 4.79 Å². The number of rotatable bonds is 4. The summed E-state index contributed by atoms with van der Waals surface area (Å²) >= 11 is 9.25. The molecule has 0 heterocycles. The van der Waals surface area contributed by atoms with Crippen LogP contribution in [-0.2, 0) is 9.53 Å². The van der Waals surface area contributed by atoms with Crippen molar-refractivity contribution in [3.8, 4) is 0 Å². The zero-order valence-corrected chi connectivity index (χ0v) is 15.0. The molecule has 2 aromatic carbocycles. The number of ether oxygens (including phenoxy) is 1. The average molecular weight is 397 g/mol. The lowest BCUT2D eigenvalue weighted by Gasteiger charge is -2.11. The van der Waals surface area contributed by atoms with Crippen LogP contribution >= 0.6 is 27.5 Å². The molecule has 0 fully saturated rings. The first-order valence-electron chi connectivity index (χ1n) is 6.86. The number of esters is 1. The van der Waals surface area contributed by atoms with Crippen molar-refractivity contribution >= 4 is 45.1 Å². The van der Waals surface area contributed by atoms with Gasteiger partial charge in [-0.1, -0.05) is 33.6 Å². The van der Waals surface area contributed by atoms with E-state index in [1.807, 2.05) is 26.0 Å². The van der Waals surface area contributed by atoms with Crippen molar-refractivity contribution in [2.24, 2.45) is 0 Å². The predicted molar refractivity (Wildman–Crippen MR) is 94.0 cm³/mol. The number of hydrogen-bond donors (Lipinski definition) is 1. The maximum absolute atomic E-state index is 11.9. The molecule has 0 saturated carbocycles. The summed E-state index contributed by atoms with van der Waals surface area (Å²) in [4.78, 5) is 23.8. The molecule has 0 saturated heterocycles. The SMILES string of the molecule is Cc1cc(NC(=O)COC(=O)c2cccc(Cl)c2)c(C)cc1Br. The fraction of sp³-hybridized carbons (Fsp3) is 0.176. The van der Waals surface area contributed by atoms with E-state index in [0.717, 1.165) is 15.6 Å². The smallest absolute Gasteiger partial charge is 0.338 e. The number of halogens is 2. The lowest BCUT2D eigenvalue weighted by Crippen LogP contribution is -2.21. The predicted octanol–water partition coefficient (Wildman–Crippen LogP) is 4.51. The van der Waals surface area contributed by atoms with Crippen molar-refractivity contribution in [1.29, 1.82) is 0 Å². The van der Waals surface area contributed by atoms with E-state index in [0.29, 0.717) is 16.3 Å². The van der Waals surface area contributed by atoms with Gasteiger partial charge in [0.2, 0.25) is 0 Å². The van der Waals surface area contributed by atoms with E-state index in [2.05, 4.69) is 21.2 Å². The van der Waals surface area contributed by atoms with Gasteiger partial charge in [0.05, 0.1) is 5.56 Å². The molecule has 0 aromatic heterocycles. The van der Waals surface area contributed by atoms with Crippen molar-refractivity contribution in [2.75, 3.05) is 11.9 Å². The van der Waals surface area contributed by atoms with Crippen LogP contribution in [0, 0.1) is 13.8 Å². The third-order valence-electron chi connectivity index (χ3n) is 3.17. The van der Waals surface area contributed by atoms with Crippen molar-refractivity contribution in [3.05, 3.63) is 62.6 Å². The van der Waals surface area contributed by atoms with Crippen LogP contribution in [0.15, 0.2) is 40.9 Å². The maximum atomic E-state index is 11.9. The highest BCUT2D eigenvalue weighted by Crippen LogP contribution is 2.24. The number of amides is 1. The van der Waals surface area contributed by atoms with Crippen LogP contribution < -0.4 is 5.32 Å². The van der Waals surface area contributed by atoms with Crippen LogP contribution in [-0.4, -0.2) is 18.5 Å². The van der Waals surface area contributed by atoms with Gasteiger partial charge in [-0.15, -0.1) is 0 Å². The third kappa shape index (κ3) is 4.81. The third-order valence-corrected chi connectivity index (χ3v) is 4.26. The van der Waals surface area contributed by atoms with E-state index in [1.54, 1.807) is 18.2 Å². The Morgan fingerprint density at radius 2 is 1.91 bits per heavy atom. The zero-order chi connectivity index (χ0) is 17.0. The summed E-state index contributed by atoms with van der Waals surface area (Å²) in [6.45, 7) is 3.45. The Kier molecular flexibility index (Phi) is 5.80. The van der Waals surface area contributed by atoms with E-state index in [4.69, 9.17) is 16.3 Å². The molecule has 2 rings (SSSR count). The summed E-state index contributed by atoms with van der Waals surface area (Å²) < 4.78 is 5.96. The fourth-order valence-corrected chi connectivity index (χ4v) is 2.58. The quantitative estimate of drug-likeness (QED) is 0.773. The highest BCUT2D eigenvalue weighted by Gasteiger charge is 2.12. The van der Waals surface area contributed by atoms with Crippen molar-refractivity contribution < 1.29 is 14.3 Å². The Morgan fingerprint density at radius 1 is 1.17 bits per heavy atom. The Balaban J connectivity index is 1.95. The Bertz CT molecular complexity index is 761. The Morgan fingerprint density at radius 3 is 2.61 bits per heavy atom. The van der Waals surface area contributed by atoms with Gasteiger partial charge in [0.25, 0.3) is 5.91 Å². The largest absolute Gasteiger partial charge is 0.452 e. The number of carbonyl (C=O) groups is 2. The zero-order valence-electron chi connectivity index (χ0n) is 12.7. The minimum Gasteiger partial charge on any atom is -0.452 e. The van der Waals surface area contributed by atoms with Crippen LogP contribution in [0.25, 0.3) is 0 Å². The van der Waals surface area contributed by atoms with Gasteiger partial charge in [0, 0.05) is 15.2 Å². The molecule has 0 aliphatic carbocycles. The Hall–Kier alpha value is -1.85. The number of hydrogen-bond acceptors (Lipinski definition) is 3. The summed E-state index contributed by atoms with van der Waals surface area (Å²) in [5, 5.41) is 3.17. The summed E-state index contributed by atoms with van der Waals surface area (Å²) in [5.41, 5.74) is 2.91. The lowest BCUT2D eigenvalue weighted by atomic mass is 10.1. The molecule has 4 nitrogen and oxygen atoms in total. The molecule has 120 valence electrons. The normalized spacial score (nSPS) is 10.3. The van der Waals surface area contributed by atoms with E-state index in [9.17, 15) is 9.59 Å². The topological polar surface area (TPSA) is 55.4 Å². The average Bonchev–Trinajstić information content (AvgIpc) is 2.50. The molecule has 0 aliphatic rings. The van der Waals surface area contributed by atoms with Gasteiger partial charge in [-0.2, -0.15) is 0 Å². The molecular formula is C17H15BrClNO3. The van der Waals surface area contributed by atoms with Crippen molar-refractivity contribution in [2.45, 2.75) is 13.8 Å². The van der Waals surface area contributed by atoms with Crippen LogP contribution in [0.2, 0.25) is 5.02 Å². The van der Waals surface area contributed by atoms with Gasteiger partial charge < -0.3 is 10.1 Å². The standard InChI is InChI=1S/C17H15BrClNO3/c1-10-7-15(11(2)6-14(10)18)20-16(21)9-23-17(22)12-4-3-5-13(19)8-12/h3-8H,9H2,1-2H3,(H,20,21). The molecule has 0 aliphatic heterocycles. The fourth-order valence-electron chi connectivity index (χ4n) is 1.93. The number of carbonyl (C=O) groups excluding carboxylic acids is 2. The molecular weight excluding hydrogens is 382 g/mol. The lowest BCUT2D eigenvalue weighted by molar-refractivity contribution is -0.119. The first kappa shape index (κ1) is 17.5. The van der Waals surface area contributed by atoms with Gasteiger partial charge in [0.1, 0.15) is 0 Å². The number of anilines is 1. The van der Waals surface area contributed by atoms with E-state index in [1.165, 1.54) is 6.07 Å². The highest BCUT2D eigenvalue weighted by atomic mass is 79.9. The summed E-state index contributed by atoms with van der Waals surface area (Å²) in [6, 6.07) is 10.1. The molecule has 1 amide bonds. The van der Waals surface area contributed by atoms with E-state index < -0.39 is 11.9 Å².